The molecule has 0 saturated carbocycles. The number of aldehydes is 1. The number of nitrogens with zero attached hydrogens (tertiary/aromatic N) is 3. The molecule has 23 heavy (non-hydrogen) atoms. The average Bonchev–Trinajstić information content (AvgIpc) is 3.04. The fraction of sp³-hybridized carbons (Fsp3) is 0.467. The van der Waals surface area contributed by atoms with E-state index in [0.29, 0.717) is 37.6 Å². The smallest absolute Gasteiger partial charge is 0.337 e. The largest absolute Gasteiger partial charge is 0.463 e. The van der Waals surface area contributed by atoms with E-state index in [-0.39, 0.29) is 18.4 Å². The summed E-state index contributed by atoms with van der Waals surface area (Å²) < 4.78 is 5.12. The Kier molecular flexibility index (Phi) is 4.82. The predicted octanol–water partition coefficient (Wildman–Crippen LogP) is 0.441. The molecular formula is C15H18N4O3S. The molecule has 2 aliphatic rings. The lowest BCUT2D eigenvalue weighted by Crippen LogP contribution is -2.50. The third-order valence-corrected chi connectivity index (χ3v) is 4.52. The highest BCUT2D eigenvalue weighted by molar-refractivity contribution is 7.11. The van der Waals surface area contributed by atoms with Gasteiger partial charge in [0, 0.05) is 42.8 Å². The molecule has 0 atom stereocenters. The third kappa shape index (κ3) is 3.48. The maximum absolute atomic E-state index is 12.1. The summed E-state index contributed by atoms with van der Waals surface area (Å²) in [7, 11) is 0. The Bertz CT molecular complexity index is 648. The molecule has 0 spiro atoms. The van der Waals surface area contributed by atoms with E-state index in [9.17, 15) is 9.59 Å². The van der Waals surface area contributed by atoms with Gasteiger partial charge in [0.25, 0.3) is 0 Å². The average molecular weight is 334 g/mol. The number of aliphatic imine (C=N–C) groups is 1. The summed E-state index contributed by atoms with van der Waals surface area (Å²) in [4.78, 5) is 33.6. The van der Waals surface area contributed by atoms with E-state index < -0.39 is 0 Å². The van der Waals surface area contributed by atoms with Crippen LogP contribution in [0.5, 0.6) is 0 Å². The molecule has 1 N–H and O–H groups in total. The third-order valence-electron chi connectivity index (χ3n) is 3.75. The maximum atomic E-state index is 12.1. The number of carbonyl (C=O) groups is 2. The first-order chi connectivity index (χ1) is 11.2. The summed E-state index contributed by atoms with van der Waals surface area (Å²) in [5.41, 5.74) is 1.33. The van der Waals surface area contributed by atoms with Gasteiger partial charge in [-0.15, -0.1) is 11.3 Å². The number of amidine groups is 1. The van der Waals surface area contributed by atoms with Crippen LogP contribution in [0.4, 0.5) is 0 Å². The highest BCUT2D eigenvalue weighted by atomic mass is 32.1. The number of aromatic nitrogens is 1. The predicted molar refractivity (Wildman–Crippen MR) is 86.3 cm³/mol. The number of ether oxygens (including phenoxy) is 1. The van der Waals surface area contributed by atoms with Crippen molar-refractivity contribution in [1.82, 2.24) is 15.2 Å². The number of carbonyl (C=O) groups excluding carboxylic acids is 2. The number of nitrogens with one attached hydrogen (secondary N) is 1. The summed E-state index contributed by atoms with van der Waals surface area (Å²) in [5, 5.41) is 5.90. The van der Waals surface area contributed by atoms with Crippen LogP contribution in [-0.4, -0.2) is 60.8 Å². The molecule has 122 valence electrons. The van der Waals surface area contributed by atoms with Crippen molar-refractivity contribution in [3.63, 3.8) is 0 Å². The maximum Gasteiger partial charge on any atom is 0.337 e. The zero-order valence-electron chi connectivity index (χ0n) is 12.8. The molecule has 0 aromatic carbocycles. The molecule has 0 aliphatic carbocycles. The summed E-state index contributed by atoms with van der Waals surface area (Å²) in [6, 6.07) is 0. The topological polar surface area (TPSA) is 83.9 Å². The Morgan fingerprint density at radius 1 is 1.57 bits per heavy atom. The highest BCUT2D eigenvalue weighted by Gasteiger charge is 2.30. The quantitative estimate of drug-likeness (QED) is 0.600. The number of thiazole rings is 1. The summed E-state index contributed by atoms with van der Waals surface area (Å²) in [6.45, 7) is 4.39. The summed E-state index contributed by atoms with van der Waals surface area (Å²) in [6.07, 6.45) is 2.70. The number of hydrogen-bond acceptors (Lipinski definition) is 8. The monoisotopic (exact) mass is 334 g/mol. The standard InChI is InChI=1S/C15H18N4O3S/c1-2-22-15(21)11-5-17-13(14-16-3-4-23-14)18-12(11)8-19-6-10(7-19)9-20/h3-4,9-10H,2,5-8H2,1H3,(H,17,18). The Morgan fingerprint density at radius 3 is 3.04 bits per heavy atom. The molecule has 0 bridgehead atoms. The molecule has 2 aliphatic heterocycles. The van der Waals surface area contributed by atoms with Crippen LogP contribution in [-0.2, 0) is 14.3 Å². The molecule has 1 fully saturated rings. The minimum atomic E-state index is -0.343. The van der Waals surface area contributed by atoms with Gasteiger partial charge in [0.2, 0.25) is 0 Å². The molecule has 0 radical (unpaired) electrons. The van der Waals surface area contributed by atoms with Crippen LogP contribution in [0.15, 0.2) is 27.8 Å². The molecule has 1 aromatic heterocycles. The number of esters is 1. The van der Waals surface area contributed by atoms with E-state index >= 15 is 0 Å². The fourth-order valence-electron chi connectivity index (χ4n) is 2.56. The Balaban J connectivity index is 1.75. The van der Waals surface area contributed by atoms with Crippen LogP contribution in [0.25, 0.3) is 0 Å². The lowest BCUT2D eigenvalue weighted by atomic mass is 10.0. The van der Waals surface area contributed by atoms with Gasteiger partial charge in [-0.05, 0) is 6.92 Å². The summed E-state index contributed by atoms with van der Waals surface area (Å²) >= 11 is 1.49. The highest BCUT2D eigenvalue weighted by Crippen LogP contribution is 2.19. The van der Waals surface area contributed by atoms with Crippen molar-refractivity contribution in [3.05, 3.63) is 27.9 Å². The minimum absolute atomic E-state index is 0.0948. The molecular weight excluding hydrogens is 316 g/mol. The minimum Gasteiger partial charge on any atom is -0.463 e. The lowest BCUT2D eigenvalue weighted by Gasteiger charge is -2.37. The van der Waals surface area contributed by atoms with Crippen molar-refractivity contribution in [2.45, 2.75) is 6.92 Å². The first-order valence-corrected chi connectivity index (χ1v) is 8.37. The van der Waals surface area contributed by atoms with Crippen molar-refractivity contribution in [3.8, 4) is 0 Å². The molecule has 7 nitrogen and oxygen atoms in total. The van der Waals surface area contributed by atoms with Gasteiger partial charge in [-0.1, -0.05) is 0 Å². The van der Waals surface area contributed by atoms with Gasteiger partial charge in [-0.3, -0.25) is 9.89 Å². The first kappa shape index (κ1) is 15.8. The number of likely N-dealkylation sites (tertiary alicyclic amines) is 1. The van der Waals surface area contributed by atoms with Gasteiger partial charge in [-0.2, -0.15) is 0 Å². The van der Waals surface area contributed by atoms with Crippen LogP contribution >= 0.6 is 11.3 Å². The second-order valence-corrected chi connectivity index (χ2v) is 6.29. The first-order valence-electron chi connectivity index (χ1n) is 7.49. The molecule has 0 amide bonds. The zero-order valence-corrected chi connectivity index (χ0v) is 13.6. The molecule has 1 saturated heterocycles. The number of hydrogen-bond donors (Lipinski definition) is 1. The molecule has 3 heterocycles. The zero-order chi connectivity index (χ0) is 16.2. The Hall–Kier alpha value is -2.06. The van der Waals surface area contributed by atoms with Crippen LogP contribution in [0.1, 0.15) is 11.9 Å². The molecule has 1 aromatic rings. The van der Waals surface area contributed by atoms with Gasteiger partial charge < -0.3 is 14.8 Å². The van der Waals surface area contributed by atoms with Crippen molar-refractivity contribution >= 4 is 29.4 Å². The van der Waals surface area contributed by atoms with Crippen LogP contribution in [0, 0.1) is 5.92 Å². The van der Waals surface area contributed by atoms with E-state index in [0.717, 1.165) is 17.0 Å². The van der Waals surface area contributed by atoms with Crippen LogP contribution in [0.2, 0.25) is 0 Å². The van der Waals surface area contributed by atoms with Crippen molar-refractivity contribution < 1.29 is 14.3 Å². The van der Waals surface area contributed by atoms with Gasteiger partial charge >= 0.3 is 5.97 Å². The second-order valence-electron chi connectivity index (χ2n) is 5.39. The second kappa shape index (κ2) is 7.01. The van der Waals surface area contributed by atoms with E-state index in [4.69, 9.17) is 4.74 Å². The van der Waals surface area contributed by atoms with E-state index in [1.807, 2.05) is 5.38 Å². The molecule has 3 rings (SSSR count). The molecule has 0 unspecified atom stereocenters. The van der Waals surface area contributed by atoms with Crippen LogP contribution < -0.4 is 5.32 Å². The van der Waals surface area contributed by atoms with E-state index in [1.165, 1.54) is 11.3 Å². The number of rotatable bonds is 6. The normalized spacial score (nSPS) is 18.9. The van der Waals surface area contributed by atoms with Gasteiger partial charge in [0.1, 0.15) is 6.29 Å². The fourth-order valence-corrected chi connectivity index (χ4v) is 3.16. The van der Waals surface area contributed by atoms with Gasteiger partial charge in [-0.25, -0.2) is 9.78 Å². The van der Waals surface area contributed by atoms with Gasteiger partial charge in [0.05, 0.1) is 18.7 Å². The van der Waals surface area contributed by atoms with Crippen molar-refractivity contribution in [1.29, 1.82) is 0 Å². The lowest BCUT2D eigenvalue weighted by molar-refractivity contribution is -0.138. The van der Waals surface area contributed by atoms with Gasteiger partial charge in [0.15, 0.2) is 10.8 Å². The van der Waals surface area contributed by atoms with Crippen molar-refractivity contribution in [2.24, 2.45) is 10.9 Å². The summed E-state index contributed by atoms with van der Waals surface area (Å²) in [5.74, 6) is 0.428. The Morgan fingerprint density at radius 2 is 2.39 bits per heavy atom. The Labute approximate surface area is 138 Å². The molecule has 8 heteroatoms. The SMILES string of the molecule is CCOC(=O)C1=C(CN2CC(C=O)C2)NC(c2nccs2)=NC1. The van der Waals surface area contributed by atoms with E-state index in [1.54, 1.807) is 13.1 Å². The van der Waals surface area contributed by atoms with Crippen molar-refractivity contribution in [2.75, 3.05) is 32.8 Å². The van der Waals surface area contributed by atoms with E-state index in [2.05, 4.69) is 20.2 Å². The van der Waals surface area contributed by atoms with Crippen LogP contribution in [0.3, 0.4) is 0 Å².